The molecule has 22 heavy (non-hydrogen) atoms. The molecule has 0 heterocycles. The molecule has 7 heteroatoms. The first kappa shape index (κ1) is 17.6. The number of phenols is 1. The highest BCUT2D eigenvalue weighted by Gasteiger charge is 2.15. The van der Waals surface area contributed by atoms with Gasteiger partial charge in [-0.25, -0.2) is 9.59 Å². The Hall–Kier alpha value is -2.44. The monoisotopic (exact) mass is 309 g/mol. The fourth-order valence-corrected chi connectivity index (χ4v) is 1.56. The van der Waals surface area contributed by atoms with Gasteiger partial charge in [-0.1, -0.05) is 0 Å². The van der Waals surface area contributed by atoms with E-state index in [1.54, 1.807) is 40.0 Å². The van der Waals surface area contributed by atoms with Crippen LogP contribution < -0.4 is 15.5 Å². The molecule has 0 bridgehead atoms. The summed E-state index contributed by atoms with van der Waals surface area (Å²) in [6.45, 7) is 5.88. The summed E-state index contributed by atoms with van der Waals surface area (Å²) < 4.78 is 5.08. The Labute approximate surface area is 130 Å². The van der Waals surface area contributed by atoms with E-state index >= 15 is 0 Å². The third kappa shape index (κ3) is 6.34. The topological polar surface area (TPSA) is 90.9 Å². The maximum Gasteiger partial charge on any atom is 0.407 e. The Morgan fingerprint density at radius 1 is 1.14 bits per heavy atom. The molecule has 1 aromatic carbocycles. The number of ether oxygens (including phenoxy) is 1. The Kier molecular flexibility index (Phi) is 6.03. The third-order valence-electron chi connectivity index (χ3n) is 2.61. The van der Waals surface area contributed by atoms with Crippen LogP contribution in [0.25, 0.3) is 0 Å². The first-order valence-corrected chi connectivity index (χ1v) is 6.96. The quantitative estimate of drug-likeness (QED) is 0.743. The molecule has 0 aliphatic heterocycles. The van der Waals surface area contributed by atoms with Crippen LogP contribution in [-0.4, -0.2) is 43.0 Å². The molecule has 0 fully saturated rings. The molecular weight excluding hydrogens is 286 g/mol. The Bertz CT molecular complexity index is 509. The maximum atomic E-state index is 11.9. The minimum Gasteiger partial charge on any atom is -0.508 e. The van der Waals surface area contributed by atoms with Gasteiger partial charge in [-0.2, -0.15) is 0 Å². The van der Waals surface area contributed by atoms with Gasteiger partial charge in [0.25, 0.3) is 0 Å². The second kappa shape index (κ2) is 7.53. The summed E-state index contributed by atoms with van der Waals surface area (Å²) in [4.78, 5) is 24.7. The number of urea groups is 1. The number of nitrogens with zero attached hydrogens (tertiary/aromatic N) is 1. The zero-order valence-corrected chi connectivity index (χ0v) is 13.3. The van der Waals surface area contributed by atoms with E-state index in [4.69, 9.17) is 4.74 Å². The highest BCUT2D eigenvalue weighted by atomic mass is 16.6. The van der Waals surface area contributed by atoms with Crippen molar-refractivity contribution in [2.24, 2.45) is 0 Å². The van der Waals surface area contributed by atoms with E-state index < -0.39 is 11.7 Å². The molecule has 0 aromatic heterocycles. The van der Waals surface area contributed by atoms with Crippen LogP contribution >= 0.6 is 0 Å². The fraction of sp³-hybridized carbons (Fsp3) is 0.467. The first-order valence-electron chi connectivity index (χ1n) is 6.96. The third-order valence-corrected chi connectivity index (χ3v) is 2.61. The molecule has 1 aromatic rings. The first-order chi connectivity index (χ1) is 10.2. The zero-order valence-electron chi connectivity index (χ0n) is 13.3. The van der Waals surface area contributed by atoms with E-state index in [1.165, 1.54) is 17.0 Å². The lowest BCUT2D eigenvalue weighted by molar-refractivity contribution is 0.0528. The molecule has 0 radical (unpaired) electrons. The van der Waals surface area contributed by atoms with E-state index in [0.29, 0.717) is 5.69 Å². The van der Waals surface area contributed by atoms with Gasteiger partial charge < -0.3 is 20.5 Å². The van der Waals surface area contributed by atoms with Crippen molar-refractivity contribution in [3.63, 3.8) is 0 Å². The van der Waals surface area contributed by atoms with Crippen molar-refractivity contribution in [1.29, 1.82) is 0 Å². The van der Waals surface area contributed by atoms with Gasteiger partial charge in [0.05, 0.1) is 0 Å². The Balaban J connectivity index is 2.31. The number of alkyl carbamates (subject to hydrolysis) is 1. The standard InChI is InChI=1S/C15H23N3O4/c1-15(2,3)22-14(21)17-10-9-16-13(20)18(4)11-5-7-12(19)8-6-11/h5-8,19H,9-10H2,1-4H3,(H,16,20)(H,17,21). The van der Waals surface area contributed by atoms with Crippen molar-refractivity contribution in [3.05, 3.63) is 24.3 Å². The second-order valence-electron chi connectivity index (χ2n) is 5.74. The van der Waals surface area contributed by atoms with E-state index in [1.807, 2.05) is 0 Å². The summed E-state index contributed by atoms with van der Waals surface area (Å²) >= 11 is 0. The number of aromatic hydroxyl groups is 1. The number of anilines is 1. The van der Waals surface area contributed by atoms with Gasteiger partial charge in [0, 0.05) is 25.8 Å². The summed E-state index contributed by atoms with van der Waals surface area (Å²) in [5.41, 5.74) is 0.0993. The molecule has 1 rings (SSSR count). The average molecular weight is 309 g/mol. The molecule has 0 aliphatic carbocycles. The number of hydrogen-bond donors (Lipinski definition) is 3. The number of carbonyl (C=O) groups excluding carboxylic acids is 2. The number of amides is 3. The molecule has 0 atom stereocenters. The normalized spacial score (nSPS) is 10.7. The molecule has 7 nitrogen and oxygen atoms in total. The molecule has 0 unspecified atom stereocenters. The molecule has 0 spiro atoms. The highest BCUT2D eigenvalue weighted by Crippen LogP contribution is 2.16. The van der Waals surface area contributed by atoms with Gasteiger partial charge in [-0.3, -0.25) is 4.90 Å². The van der Waals surface area contributed by atoms with Crippen LogP contribution in [0.2, 0.25) is 0 Å². The van der Waals surface area contributed by atoms with Crippen molar-refractivity contribution >= 4 is 17.8 Å². The average Bonchev–Trinajstić information content (AvgIpc) is 2.41. The van der Waals surface area contributed by atoms with E-state index in [0.717, 1.165) is 0 Å². The smallest absolute Gasteiger partial charge is 0.407 e. The van der Waals surface area contributed by atoms with E-state index in [9.17, 15) is 14.7 Å². The van der Waals surface area contributed by atoms with Crippen LogP contribution in [0, 0.1) is 0 Å². The van der Waals surface area contributed by atoms with Gasteiger partial charge in [-0.05, 0) is 45.0 Å². The van der Waals surface area contributed by atoms with Crippen LogP contribution in [0.1, 0.15) is 20.8 Å². The highest BCUT2D eigenvalue weighted by molar-refractivity contribution is 5.91. The van der Waals surface area contributed by atoms with Crippen LogP contribution in [0.4, 0.5) is 15.3 Å². The molecule has 3 N–H and O–H groups in total. The molecular formula is C15H23N3O4. The summed E-state index contributed by atoms with van der Waals surface area (Å²) in [6.07, 6.45) is -0.520. The molecule has 0 aliphatic rings. The van der Waals surface area contributed by atoms with Gasteiger partial charge >= 0.3 is 12.1 Å². The van der Waals surface area contributed by atoms with Crippen molar-refractivity contribution in [1.82, 2.24) is 10.6 Å². The van der Waals surface area contributed by atoms with Gasteiger partial charge in [0.2, 0.25) is 0 Å². The second-order valence-corrected chi connectivity index (χ2v) is 5.74. The predicted octanol–water partition coefficient (Wildman–Crippen LogP) is 2.06. The fourth-order valence-electron chi connectivity index (χ4n) is 1.56. The minimum absolute atomic E-state index is 0.138. The number of phenolic OH excluding ortho intramolecular Hbond substituents is 1. The number of hydrogen-bond acceptors (Lipinski definition) is 4. The minimum atomic E-state index is -0.549. The van der Waals surface area contributed by atoms with E-state index in [2.05, 4.69) is 10.6 Å². The van der Waals surface area contributed by atoms with Crippen molar-refractivity contribution < 1.29 is 19.4 Å². The molecule has 3 amide bonds. The zero-order chi connectivity index (χ0) is 16.8. The summed E-state index contributed by atoms with van der Waals surface area (Å²) in [5, 5.41) is 14.4. The SMILES string of the molecule is CN(C(=O)NCCNC(=O)OC(C)(C)C)c1ccc(O)cc1. The van der Waals surface area contributed by atoms with Crippen molar-refractivity contribution in [2.75, 3.05) is 25.0 Å². The lowest BCUT2D eigenvalue weighted by Gasteiger charge is -2.20. The Morgan fingerprint density at radius 2 is 1.68 bits per heavy atom. The molecule has 122 valence electrons. The number of benzene rings is 1. The summed E-state index contributed by atoms with van der Waals surface area (Å²) in [6, 6.07) is 5.96. The van der Waals surface area contributed by atoms with Gasteiger partial charge in [0.1, 0.15) is 11.4 Å². The maximum absolute atomic E-state index is 11.9. The lowest BCUT2D eigenvalue weighted by Crippen LogP contribution is -2.42. The van der Waals surface area contributed by atoms with Gasteiger partial charge in [-0.15, -0.1) is 0 Å². The summed E-state index contributed by atoms with van der Waals surface area (Å²) in [5.74, 6) is 0.138. The summed E-state index contributed by atoms with van der Waals surface area (Å²) in [7, 11) is 1.61. The lowest BCUT2D eigenvalue weighted by atomic mass is 10.2. The van der Waals surface area contributed by atoms with Crippen LogP contribution in [0.15, 0.2) is 24.3 Å². The van der Waals surface area contributed by atoms with Crippen molar-refractivity contribution in [2.45, 2.75) is 26.4 Å². The number of carbonyl (C=O) groups is 2. The molecule has 0 saturated heterocycles. The number of rotatable bonds is 4. The van der Waals surface area contributed by atoms with Crippen molar-refractivity contribution in [3.8, 4) is 5.75 Å². The van der Waals surface area contributed by atoms with E-state index in [-0.39, 0.29) is 24.9 Å². The number of nitrogens with one attached hydrogen (secondary N) is 2. The van der Waals surface area contributed by atoms with Gasteiger partial charge in [0.15, 0.2) is 0 Å². The van der Waals surface area contributed by atoms with Crippen LogP contribution in [-0.2, 0) is 4.74 Å². The Morgan fingerprint density at radius 3 is 2.23 bits per heavy atom. The van der Waals surface area contributed by atoms with Crippen LogP contribution in [0.5, 0.6) is 5.75 Å². The predicted molar refractivity (Wildman–Crippen MR) is 84.1 cm³/mol. The largest absolute Gasteiger partial charge is 0.508 e. The molecule has 0 saturated carbocycles. The van der Waals surface area contributed by atoms with Crippen LogP contribution in [0.3, 0.4) is 0 Å².